The number of carbonyl (C=O) groups excluding carboxylic acids is 6. The molecule has 0 radical (unpaired) electrons. The summed E-state index contributed by atoms with van der Waals surface area (Å²) < 4.78 is 4.97. The first-order valence-corrected chi connectivity index (χ1v) is 12.4. The third-order valence-corrected chi connectivity index (χ3v) is 5.66. The largest absolute Gasteiger partial charge is 0.480 e. The van der Waals surface area contributed by atoms with Crippen LogP contribution >= 0.6 is 11.8 Å². The standard InChI is InChI=1S/C22H36N4O10S/c1-13(27)25-11-17(30)36-12-22(3,4)19(32)20(33)24-8-7-16(29)23-9-10-37-18(31)6-5-15(21(34)35)26-14(2)28/h15,19,32H,5-12H2,1-4H3,(H,23,29)(H,24,33)(H,25,27)(H,26,28)(H,34,35)/t15-,19-/m0/s1. The second-order valence-electron chi connectivity index (χ2n) is 8.70. The fraction of sp³-hybridized carbons (Fsp3) is 0.682. The van der Waals surface area contributed by atoms with Crippen LogP contribution in [-0.4, -0.2) is 95.0 Å². The van der Waals surface area contributed by atoms with Crippen molar-refractivity contribution in [1.82, 2.24) is 21.3 Å². The molecule has 0 saturated carbocycles. The summed E-state index contributed by atoms with van der Waals surface area (Å²) in [5, 5.41) is 28.5. The molecule has 0 spiro atoms. The Morgan fingerprint density at radius 3 is 2.14 bits per heavy atom. The monoisotopic (exact) mass is 548 g/mol. The SMILES string of the molecule is CC(=O)NCC(=O)OCC(C)(C)[C@@H](O)C(=O)NCCC(=O)NCCSC(=O)CC[C@H](NC(C)=O)C(=O)O. The van der Waals surface area contributed by atoms with Crippen molar-refractivity contribution in [1.29, 1.82) is 0 Å². The van der Waals surface area contributed by atoms with Gasteiger partial charge in [-0.2, -0.15) is 0 Å². The molecule has 210 valence electrons. The minimum Gasteiger partial charge on any atom is -0.480 e. The summed E-state index contributed by atoms with van der Waals surface area (Å²) in [5.74, 6) is -3.76. The van der Waals surface area contributed by atoms with Crippen LogP contribution in [0, 0.1) is 5.41 Å². The molecule has 0 saturated heterocycles. The predicted octanol–water partition coefficient (Wildman–Crippen LogP) is -1.70. The molecule has 0 aliphatic heterocycles. The fourth-order valence-corrected chi connectivity index (χ4v) is 3.32. The lowest BCUT2D eigenvalue weighted by Crippen LogP contribution is -2.47. The van der Waals surface area contributed by atoms with Crippen LogP contribution < -0.4 is 21.3 Å². The van der Waals surface area contributed by atoms with Gasteiger partial charge in [-0.05, 0) is 6.42 Å². The Morgan fingerprint density at radius 2 is 1.57 bits per heavy atom. The maximum absolute atomic E-state index is 12.2. The molecule has 0 unspecified atom stereocenters. The van der Waals surface area contributed by atoms with Crippen LogP contribution in [0.5, 0.6) is 0 Å². The van der Waals surface area contributed by atoms with E-state index in [1.807, 2.05) is 0 Å². The lowest BCUT2D eigenvalue weighted by atomic mass is 9.87. The molecule has 15 heteroatoms. The Kier molecular flexibility index (Phi) is 15.8. The van der Waals surface area contributed by atoms with Gasteiger partial charge >= 0.3 is 11.9 Å². The first kappa shape index (κ1) is 33.8. The van der Waals surface area contributed by atoms with E-state index in [0.29, 0.717) is 0 Å². The molecule has 0 aliphatic carbocycles. The number of esters is 1. The van der Waals surface area contributed by atoms with Crippen LogP contribution in [0.4, 0.5) is 0 Å². The number of thioether (sulfide) groups is 1. The number of amides is 4. The van der Waals surface area contributed by atoms with E-state index in [4.69, 9.17) is 9.84 Å². The van der Waals surface area contributed by atoms with Crippen molar-refractivity contribution >= 4 is 52.4 Å². The van der Waals surface area contributed by atoms with E-state index < -0.39 is 53.1 Å². The quantitative estimate of drug-likeness (QED) is 0.0889. The number of aliphatic hydroxyl groups excluding tert-OH is 1. The first-order chi connectivity index (χ1) is 17.2. The van der Waals surface area contributed by atoms with Crippen molar-refractivity contribution in [3.63, 3.8) is 0 Å². The summed E-state index contributed by atoms with van der Waals surface area (Å²) in [4.78, 5) is 80.4. The van der Waals surface area contributed by atoms with Crippen LogP contribution in [0.15, 0.2) is 0 Å². The summed E-state index contributed by atoms with van der Waals surface area (Å²) in [6.07, 6.45) is -1.72. The number of ether oxygens (including phenoxy) is 1. The lowest BCUT2D eigenvalue weighted by Gasteiger charge is -2.29. The third kappa shape index (κ3) is 16.2. The molecule has 0 heterocycles. The van der Waals surface area contributed by atoms with Gasteiger partial charge in [0.15, 0.2) is 5.12 Å². The summed E-state index contributed by atoms with van der Waals surface area (Å²) in [7, 11) is 0. The van der Waals surface area contributed by atoms with Gasteiger partial charge in [-0.25, -0.2) is 4.79 Å². The Labute approximate surface area is 219 Å². The average molecular weight is 549 g/mol. The highest BCUT2D eigenvalue weighted by molar-refractivity contribution is 8.13. The van der Waals surface area contributed by atoms with Crippen molar-refractivity contribution in [2.75, 3.05) is 32.0 Å². The zero-order valence-corrected chi connectivity index (χ0v) is 22.2. The van der Waals surface area contributed by atoms with E-state index in [9.17, 15) is 38.7 Å². The van der Waals surface area contributed by atoms with Crippen LogP contribution in [-0.2, 0) is 38.3 Å². The van der Waals surface area contributed by atoms with Gasteiger partial charge in [0.1, 0.15) is 18.7 Å². The number of carboxylic acid groups (broad SMARTS) is 1. The maximum atomic E-state index is 12.2. The molecule has 0 fully saturated rings. The molecule has 6 N–H and O–H groups in total. The van der Waals surface area contributed by atoms with Crippen molar-refractivity contribution in [2.24, 2.45) is 5.41 Å². The van der Waals surface area contributed by atoms with Gasteiger partial charge in [-0.15, -0.1) is 0 Å². The predicted molar refractivity (Wildman–Crippen MR) is 132 cm³/mol. The van der Waals surface area contributed by atoms with Gasteiger partial charge in [-0.1, -0.05) is 25.6 Å². The normalized spacial score (nSPS) is 12.5. The van der Waals surface area contributed by atoms with E-state index in [0.717, 1.165) is 11.8 Å². The lowest BCUT2D eigenvalue weighted by molar-refractivity contribution is -0.153. The van der Waals surface area contributed by atoms with Gasteiger partial charge in [-0.3, -0.25) is 28.8 Å². The van der Waals surface area contributed by atoms with Crippen molar-refractivity contribution in [2.45, 2.75) is 59.1 Å². The van der Waals surface area contributed by atoms with Crippen LogP contribution in [0.3, 0.4) is 0 Å². The highest BCUT2D eigenvalue weighted by atomic mass is 32.2. The topological polar surface area (TPSA) is 217 Å². The summed E-state index contributed by atoms with van der Waals surface area (Å²) in [6.45, 7) is 4.93. The summed E-state index contributed by atoms with van der Waals surface area (Å²) in [6, 6.07) is -1.15. The fourth-order valence-electron chi connectivity index (χ4n) is 2.62. The number of hydrogen-bond acceptors (Lipinski definition) is 10. The summed E-state index contributed by atoms with van der Waals surface area (Å²) >= 11 is 0.919. The number of carboxylic acids is 1. The maximum Gasteiger partial charge on any atom is 0.326 e. The number of hydrogen-bond donors (Lipinski definition) is 6. The molecule has 14 nitrogen and oxygen atoms in total. The molecule has 2 atom stereocenters. The van der Waals surface area contributed by atoms with Crippen molar-refractivity contribution in [3.8, 4) is 0 Å². The molecule has 0 aromatic carbocycles. The van der Waals surface area contributed by atoms with Crippen molar-refractivity contribution < 1.29 is 48.5 Å². The Hall–Kier alpha value is -3.20. The van der Waals surface area contributed by atoms with Crippen LogP contribution in [0.25, 0.3) is 0 Å². The molecule has 4 amide bonds. The zero-order chi connectivity index (χ0) is 28.6. The van der Waals surface area contributed by atoms with Crippen molar-refractivity contribution in [3.05, 3.63) is 0 Å². The second kappa shape index (κ2) is 17.3. The Balaban J connectivity index is 4.17. The third-order valence-electron chi connectivity index (χ3n) is 4.73. The molecular weight excluding hydrogens is 512 g/mol. The van der Waals surface area contributed by atoms with E-state index in [1.165, 1.54) is 27.7 Å². The molecular formula is C22H36N4O10S. The van der Waals surface area contributed by atoms with E-state index in [1.54, 1.807) is 0 Å². The van der Waals surface area contributed by atoms with Gasteiger partial charge in [0.25, 0.3) is 0 Å². The number of nitrogens with one attached hydrogen (secondary N) is 4. The van der Waals surface area contributed by atoms with E-state index >= 15 is 0 Å². The number of aliphatic carboxylic acids is 1. The number of rotatable bonds is 17. The van der Waals surface area contributed by atoms with Gasteiger partial charge in [0.2, 0.25) is 23.6 Å². The Bertz CT molecular complexity index is 849. The summed E-state index contributed by atoms with van der Waals surface area (Å²) in [5.41, 5.74) is -1.13. The minimum absolute atomic E-state index is 0.0467. The Morgan fingerprint density at radius 1 is 0.919 bits per heavy atom. The van der Waals surface area contributed by atoms with Crippen LogP contribution in [0.1, 0.15) is 47.0 Å². The molecule has 0 aromatic heterocycles. The molecule has 37 heavy (non-hydrogen) atoms. The van der Waals surface area contributed by atoms with Gasteiger partial charge < -0.3 is 36.2 Å². The molecule has 0 aromatic rings. The molecule has 0 bridgehead atoms. The smallest absolute Gasteiger partial charge is 0.326 e. The second-order valence-corrected chi connectivity index (χ2v) is 9.86. The average Bonchev–Trinajstić information content (AvgIpc) is 2.80. The molecule has 0 aliphatic rings. The van der Waals surface area contributed by atoms with Crippen LogP contribution in [0.2, 0.25) is 0 Å². The number of aliphatic hydroxyl groups is 1. The van der Waals surface area contributed by atoms with E-state index in [-0.39, 0.29) is 56.4 Å². The minimum atomic E-state index is -1.53. The zero-order valence-electron chi connectivity index (χ0n) is 21.4. The highest BCUT2D eigenvalue weighted by Crippen LogP contribution is 2.21. The number of carbonyl (C=O) groups is 7. The van der Waals surface area contributed by atoms with Gasteiger partial charge in [0, 0.05) is 50.9 Å². The van der Waals surface area contributed by atoms with E-state index in [2.05, 4.69) is 21.3 Å². The first-order valence-electron chi connectivity index (χ1n) is 11.4. The highest BCUT2D eigenvalue weighted by Gasteiger charge is 2.35. The molecule has 0 rings (SSSR count). The van der Waals surface area contributed by atoms with Gasteiger partial charge in [0.05, 0.1) is 6.61 Å².